The molecule has 2 aromatic rings. The van der Waals surface area contributed by atoms with E-state index in [0.717, 1.165) is 0 Å². The highest BCUT2D eigenvalue weighted by molar-refractivity contribution is 7.71. The van der Waals surface area contributed by atoms with E-state index in [0.29, 0.717) is 16.2 Å². The third-order valence-electron chi connectivity index (χ3n) is 2.96. The van der Waals surface area contributed by atoms with E-state index in [1.54, 1.807) is 26.8 Å². The second-order valence-electron chi connectivity index (χ2n) is 5.13. The van der Waals surface area contributed by atoms with Crippen LogP contribution >= 0.6 is 12.2 Å². The molecule has 10 heteroatoms. The van der Waals surface area contributed by atoms with Gasteiger partial charge in [0.25, 0.3) is 0 Å². The van der Waals surface area contributed by atoms with Crippen molar-refractivity contribution in [1.29, 1.82) is 0 Å². The number of nitro groups is 1. The number of benzene rings is 1. The quantitative estimate of drug-likeness (QED) is 0.371. The van der Waals surface area contributed by atoms with E-state index in [9.17, 15) is 10.1 Å². The normalized spacial score (nSPS) is 11.2. The predicted octanol–water partition coefficient (Wildman–Crippen LogP) is 2.84. The lowest BCUT2D eigenvalue weighted by Crippen LogP contribution is -2.09. The standard InChI is InChI=1S/C14H17N5O4S/c1-8(2)23-13-11(19(20)21)5-10(6-12(13)22-4)7-15-18-9(3)16-17-14(18)24/h5-8H,1-4H3,(H,17,24)/b15-7-. The Kier molecular flexibility index (Phi) is 5.29. The van der Waals surface area contributed by atoms with Crippen LogP contribution in [0.15, 0.2) is 17.2 Å². The number of aromatic amines is 1. The topological polar surface area (TPSA) is 108 Å². The average molecular weight is 351 g/mol. The molecule has 0 spiro atoms. The van der Waals surface area contributed by atoms with E-state index in [2.05, 4.69) is 15.3 Å². The lowest BCUT2D eigenvalue weighted by Gasteiger charge is -2.14. The van der Waals surface area contributed by atoms with E-state index in [4.69, 9.17) is 21.7 Å². The van der Waals surface area contributed by atoms with Crippen LogP contribution in [0.3, 0.4) is 0 Å². The molecule has 0 atom stereocenters. The van der Waals surface area contributed by atoms with Crippen LogP contribution in [0.2, 0.25) is 0 Å². The van der Waals surface area contributed by atoms with Gasteiger partial charge in [-0.05, 0) is 39.1 Å². The van der Waals surface area contributed by atoms with Gasteiger partial charge in [0.05, 0.1) is 24.4 Å². The maximum Gasteiger partial charge on any atom is 0.315 e. The SMILES string of the molecule is COc1cc(/C=N\n2c(C)n[nH]c2=S)cc([N+](=O)[O-])c1OC(C)C. The first-order valence-electron chi connectivity index (χ1n) is 7.05. The molecule has 0 unspecified atom stereocenters. The van der Waals surface area contributed by atoms with Crippen LogP contribution in [0.1, 0.15) is 25.2 Å². The van der Waals surface area contributed by atoms with E-state index in [1.165, 1.54) is 24.1 Å². The summed E-state index contributed by atoms with van der Waals surface area (Å²) >= 11 is 5.05. The Labute approximate surface area is 143 Å². The van der Waals surface area contributed by atoms with Gasteiger partial charge in [-0.2, -0.15) is 14.9 Å². The summed E-state index contributed by atoms with van der Waals surface area (Å²) in [6.07, 6.45) is 1.21. The fourth-order valence-corrected chi connectivity index (χ4v) is 2.18. The number of methoxy groups -OCH3 is 1. The van der Waals surface area contributed by atoms with Crippen LogP contribution in [0.25, 0.3) is 0 Å². The Balaban J connectivity index is 2.50. The summed E-state index contributed by atoms with van der Waals surface area (Å²) in [5.74, 6) is 0.912. The molecule has 0 aliphatic rings. The number of H-pyrrole nitrogens is 1. The van der Waals surface area contributed by atoms with E-state index >= 15 is 0 Å². The molecule has 0 amide bonds. The Hall–Kier alpha value is -2.75. The highest BCUT2D eigenvalue weighted by atomic mass is 32.1. The first-order chi connectivity index (χ1) is 11.3. The fourth-order valence-electron chi connectivity index (χ4n) is 1.95. The number of rotatable bonds is 6. The summed E-state index contributed by atoms with van der Waals surface area (Å²) in [6.45, 7) is 5.29. The molecule has 0 aliphatic carbocycles. The van der Waals surface area contributed by atoms with Gasteiger partial charge in [0.1, 0.15) is 5.82 Å². The zero-order valence-electron chi connectivity index (χ0n) is 13.6. The lowest BCUT2D eigenvalue weighted by molar-refractivity contribution is -0.386. The molecule has 24 heavy (non-hydrogen) atoms. The maximum atomic E-state index is 11.4. The van der Waals surface area contributed by atoms with Crippen molar-refractivity contribution in [3.63, 3.8) is 0 Å². The number of aryl methyl sites for hydroxylation is 1. The van der Waals surface area contributed by atoms with Crippen molar-refractivity contribution in [2.24, 2.45) is 5.10 Å². The molecule has 0 bridgehead atoms. The summed E-state index contributed by atoms with van der Waals surface area (Å²) in [7, 11) is 1.42. The van der Waals surface area contributed by atoms with Crippen molar-refractivity contribution in [3.05, 3.63) is 38.4 Å². The molecule has 9 nitrogen and oxygen atoms in total. The molecule has 1 aromatic heterocycles. The Morgan fingerprint density at radius 2 is 2.21 bits per heavy atom. The third-order valence-corrected chi connectivity index (χ3v) is 3.23. The molecule has 2 rings (SSSR count). The van der Waals surface area contributed by atoms with Gasteiger partial charge >= 0.3 is 5.69 Å². The monoisotopic (exact) mass is 351 g/mol. The van der Waals surface area contributed by atoms with Crippen LogP contribution < -0.4 is 9.47 Å². The number of ether oxygens (including phenoxy) is 2. The first kappa shape index (κ1) is 17.6. The van der Waals surface area contributed by atoms with Gasteiger partial charge in [-0.1, -0.05) is 0 Å². The van der Waals surface area contributed by atoms with Gasteiger partial charge in [-0.15, -0.1) is 0 Å². The molecule has 0 aliphatic heterocycles. The number of hydrogen-bond acceptors (Lipinski definition) is 7. The maximum absolute atomic E-state index is 11.4. The van der Waals surface area contributed by atoms with E-state index in [1.807, 2.05) is 0 Å². The second-order valence-corrected chi connectivity index (χ2v) is 5.51. The minimum absolute atomic E-state index is 0.0887. The van der Waals surface area contributed by atoms with Crippen LogP contribution in [0.4, 0.5) is 5.69 Å². The first-order valence-corrected chi connectivity index (χ1v) is 7.45. The van der Waals surface area contributed by atoms with Gasteiger partial charge in [0.15, 0.2) is 5.75 Å². The highest BCUT2D eigenvalue weighted by Gasteiger charge is 2.23. The summed E-state index contributed by atoms with van der Waals surface area (Å²) in [4.78, 5) is 10.8. The van der Waals surface area contributed by atoms with Gasteiger partial charge in [-0.25, -0.2) is 0 Å². The third kappa shape index (κ3) is 3.77. The lowest BCUT2D eigenvalue weighted by atomic mass is 10.2. The smallest absolute Gasteiger partial charge is 0.315 e. The van der Waals surface area contributed by atoms with Crippen molar-refractivity contribution < 1.29 is 14.4 Å². The molecule has 0 radical (unpaired) electrons. The Bertz CT molecular complexity index is 840. The Morgan fingerprint density at radius 1 is 1.50 bits per heavy atom. The fraction of sp³-hybridized carbons (Fsp3) is 0.357. The number of hydrogen-bond donors (Lipinski definition) is 1. The van der Waals surface area contributed by atoms with Gasteiger partial charge in [0.2, 0.25) is 10.5 Å². The van der Waals surface area contributed by atoms with Crippen molar-refractivity contribution in [2.75, 3.05) is 7.11 Å². The number of aromatic nitrogens is 3. The molecular formula is C14H17N5O4S. The summed E-state index contributed by atoms with van der Waals surface area (Å²) in [5.41, 5.74) is 0.272. The molecular weight excluding hydrogens is 334 g/mol. The predicted molar refractivity (Wildman–Crippen MR) is 90.6 cm³/mol. The molecule has 0 saturated carbocycles. The minimum Gasteiger partial charge on any atom is -0.493 e. The molecule has 128 valence electrons. The van der Waals surface area contributed by atoms with Gasteiger partial charge in [-0.3, -0.25) is 15.2 Å². The Morgan fingerprint density at radius 3 is 2.71 bits per heavy atom. The summed E-state index contributed by atoms with van der Waals surface area (Å²) in [5, 5.41) is 22.1. The van der Waals surface area contributed by atoms with Crippen LogP contribution in [-0.2, 0) is 0 Å². The largest absolute Gasteiger partial charge is 0.493 e. The van der Waals surface area contributed by atoms with Crippen molar-refractivity contribution in [3.8, 4) is 11.5 Å². The average Bonchev–Trinajstić information content (AvgIpc) is 2.83. The van der Waals surface area contributed by atoms with Crippen LogP contribution in [0.5, 0.6) is 11.5 Å². The summed E-state index contributed by atoms with van der Waals surface area (Å²) < 4.78 is 12.5. The zero-order valence-corrected chi connectivity index (χ0v) is 14.5. The molecule has 1 N–H and O–H groups in total. The summed E-state index contributed by atoms with van der Waals surface area (Å²) in [6, 6.07) is 2.97. The van der Waals surface area contributed by atoms with Crippen LogP contribution in [0, 0.1) is 21.8 Å². The molecule has 0 saturated heterocycles. The molecule has 0 fully saturated rings. The van der Waals surface area contributed by atoms with Crippen molar-refractivity contribution in [1.82, 2.24) is 14.9 Å². The number of nitrogens with one attached hydrogen (secondary N) is 1. The zero-order chi connectivity index (χ0) is 17.9. The highest BCUT2D eigenvalue weighted by Crippen LogP contribution is 2.38. The number of nitro benzene ring substituents is 1. The molecule has 1 heterocycles. The number of nitrogens with zero attached hydrogens (tertiary/aromatic N) is 4. The van der Waals surface area contributed by atoms with Gasteiger partial charge < -0.3 is 9.47 Å². The minimum atomic E-state index is -0.522. The van der Waals surface area contributed by atoms with E-state index < -0.39 is 4.92 Å². The second kappa shape index (κ2) is 7.21. The molecule has 1 aromatic carbocycles. The van der Waals surface area contributed by atoms with Crippen LogP contribution in [-0.4, -0.2) is 39.2 Å². The van der Waals surface area contributed by atoms with E-state index in [-0.39, 0.29) is 23.3 Å². The van der Waals surface area contributed by atoms with Gasteiger partial charge in [0, 0.05) is 11.6 Å². The van der Waals surface area contributed by atoms with Crippen molar-refractivity contribution in [2.45, 2.75) is 26.9 Å². The van der Waals surface area contributed by atoms with Crippen molar-refractivity contribution >= 4 is 24.1 Å².